The van der Waals surface area contributed by atoms with Crippen LogP contribution in [0.1, 0.15) is 30.2 Å². The van der Waals surface area contributed by atoms with Crippen molar-refractivity contribution in [2.24, 2.45) is 0 Å². The van der Waals surface area contributed by atoms with Crippen LogP contribution in [-0.2, 0) is 11.3 Å². The fraction of sp³-hybridized carbons (Fsp3) is 0.238. The molecule has 2 aromatic heterocycles. The summed E-state index contributed by atoms with van der Waals surface area (Å²) in [6.07, 6.45) is 2.26. The Hall–Kier alpha value is -3.26. The van der Waals surface area contributed by atoms with Gasteiger partial charge in [0.15, 0.2) is 22.1 Å². The second-order valence-corrected chi connectivity index (χ2v) is 7.75. The highest BCUT2D eigenvalue weighted by Crippen LogP contribution is 2.40. The van der Waals surface area contributed by atoms with Crippen LogP contribution in [0.3, 0.4) is 0 Å². The maximum atomic E-state index is 12.7. The number of hydrogen-bond donors (Lipinski definition) is 2. The molecule has 1 fully saturated rings. The summed E-state index contributed by atoms with van der Waals surface area (Å²) < 4.78 is 7.87. The summed E-state index contributed by atoms with van der Waals surface area (Å²) >= 11 is 5.33. The lowest BCUT2D eigenvalue weighted by molar-refractivity contribution is -0.116. The molecule has 0 saturated heterocycles. The molecular formula is C21H19N5O2S. The quantitative estimate of drug-likeness (QED) is 0.475. The van der Waals surface area contributed by atoms with Crippen molar-refractivity contribution in [3.63, 3.8) is 0 Å². The zero-order valence-electron chi connectivity index (χ0n) is 15.8. The van der Waals surface area contributed by atoms with Gasteiger partial charge in [0.25, 0.3) is 0 Å². The number of carbonyl (C=O) groups is 1. The number of nitrogens with one attached hydrogen (secondary N) is 2. The number of rotatable bonds is 5. The van der Waals surface area contributed by atoms with E-state index in [1.54, 1.807) is 4.57 Å². The largest absolute Gasteiger partial charge is 0.440 e. The molecule has 7 nitrogen and oxygen atoms in total. The van der Waals surface area contributed by atoms with Crippen molar-refractivity contribution in [3.05, 3.63) is 58.7 Å². The first-order chi connectivity index (χ1) is 14.1. The Morgan fingerprint density at radius 3 is 2.97 bits per heavy atom. The zero-order chi connectivity index (χ0) is 20.0. The summed E-state index contributed by atoms with van der Waals surface area (Å²) in [4.78, 5) is 17.2. The third-order valence-corrected chi connectivity index (χ3v) is 5.26. The lowest BCUT2D eigenvalue weighted by atomic mass is 10.1. The number of nitrogens with zero attached hydrogens (tertiary/aromatic N) is 3. The van der Waals surface area contributed by atoms with E-state index in [0.717, 1.165) is 41.0 Å². The third-order valence-electron chi connectivity index (χ3n) is 4.95. The minimum atomic E-state index is -0.193. The maximum absolute atomic E-state index is 12.7. The zero-order valence-corrected chi connectivity index (χ0v) is 16.6. The molecule has 2 N–H and O–H groups in total. The van der Waals surface area contributed by atoms with Crippen LogP contribution in [0.4, 0.5) is 5.69 Å². The van der Waals surface area contributed by atoms with Crippen LogP contribution in [0.25, 0.3) is 22.5 Å². The monoisotopic (exact) mass is 405 g/mol. The standard InChI is InChI=1S/C21H19N5O2S/c1-12-3-2-4-14(9-12)19-24-25-21(29)26(19)11-18(27)22-15-7-8-17-16(10-15)23-20(28-17)13-5-6-13/h2-4,7-10,13H,5-6,11H2,1H3,(H,22,27)(H,25,29). The van der Waals surface area contributed by atoms with E-state index in [9.17, 15) is 4.79 Å². The van der Waals surface area contributed by atoms with E-state index in [2.05, 4.69) is 20.5 Å². The lowest BCUT2D eigenvalue weighted by Gasteiger charge is -2.08. The van der Waals surface area contributed by atoms with Crippen LogP contribution in [0.5, 0.6) is 0 Å². The molecule has 5 rings (SSSR count). The molecule has 0 aliphatic heterocycles. The van der Waals surface area contributed by atoms with E-state index in [-0.39, 0.29) is 12.5 Å². The Labute approximate surface area is 171 Å². The Morgan fingerprint density at radius 2 is 2.17 bits per heavy atom. The first kappa shape index (κ1) is 17.8. The Morgan fingerprint density at radius 1 is 1.31 bits per heavy atom. The van der Waals surface area contributed by atoms with Crippen LogP contribution in [0.2, 0.25) is 0 Å². The molecule has 2 aromatic carbocycles. The smallest absolute Gasteiger partial charge is 0.244 e. The number of benzene rings is 2. The van der Waals surface area contributed by atoms with E-state index in [1.807, 2.05) is 49.4 Å². The number of H-pyrrole nitrogens is 1. The fourth-order valence-corrected chi connectivity index (χ4v) is 3.54. The van der Waals surface area contributed by atoms with Crippen molar-refractivity contribution in [1.82, 2.24) is 19.7 Å². The van der Waals surface area contributed by atoms with Crippen molar-refractivity contribution in [2.45, 2.75) is 32.2 Å². The summed E-state index contributed by atoms with van der Waals surface area (Å²) in [6.45, 7) is 2.07. The fourth-order valence-electron chi connectivity index (χ4n) is 3.34. The van der Waals surface area contributed by atoms with Gasteiger partial charge in [0.2, 0.25) is 5.91 Å². The third kappa shape index (κ3) is 3.58. The number of aromatic amines is 1. The van der Waals surface area contributed by atoms with Gasteiger partial charge in [0, 0.05) is 17.2 Å². The van der Waals surface area contributed by atoms with Crippen LogP contribution in [0.15, 0.2) is 46.9 Å². The second kappa shape index (κ2) is 6.97. The van der Waals surface area contributed by atoms with Crippen molar-refractivity contribution < 1.29 is 9.21 Å². The highest BCUT2D eigenvalue weighted by Gasteiger charge is 2.28. The van der Waals surface area contributed by atoms with Gasteiger partial charge in [-0.1, -0.05) is 23.8 Å². The van der Waals surface area contributed by atoms with Gasteiger partial charge in [-0.25, -0.2) is 4.98 Å². The van der Waals surface area contributed by atoms with Gasteiger partial charge in [-0.2, -0.15) is 5.10 Å². The molecule has 1 amide bonds. The van der Waals surface area contributed by atoms with Crippen molar-refractivity contribution >= 4 is 34.9 Å². The summed E-state index contributed by atoms with van der Waals surface area (Å²) in [7, 11) is 0. The second-order valence-electron chi connectivity index (χ2n) is 7.37. The molecule has 0 bridgehead atoms. The number of hydrogen-bond acceptors (Lipinski definition) is 5. The van der Waals surface area contributed by atoms with Crippen molar-refractivity contribution in [3.8, 4) is 11.4 Å². The molecule has 1 aliphatic rings. The number of aryl methyl sites for hydroxylation is 1. The maximum Gasteiger partial charge on any atom is 0.244 e. The molecule has 4 aromatic rings. The van der Waals surface area contributed by atoms with Gasteiger partial charge in [0.05, 0.1) is 0 Å². The van der Waals surface area contributed by atoms with Gasteiger partial charge in [-0.3, -0.25) is 14.5 Å². The summed E-state index contributed by atoms with van der Waals surface area (Å²) in [6, 6.07) is 13.4. The van der Waals surface area contributed by atoms with Gasteiger partial charge in [-0.05, 0) is 56.2 Å². The van der Waals surface area contributed by atoms with E-state index >= 15 is 0 Å². The van der Waals surface area contributed by atoms with Gasteiger partial charge in [0.1, 0.15) is 12.1 Å². The molecule has 8 heteroatoms. The predicted molar refractivity (Wildman–Crippen MR) is 112 cm³/mol. The normalized spacial score (nSPS) is 13.7. The Balaban J connectivity index is 1.36. The van der Waals surface area contributed by atoms with E-state index in [1.165, 1.54) is 0 Å². The predicted octanol–water partition coefficient (Wildman–Crippen LogP) is 4.57. The van der Waals surface area contributed by atoms with Crippen LogP contribution < -0.4 is 5.32 Å². The minimum absolute atomic E-state index is 0.0583. The average Bonchev–Trinajstić information content (AvgIpc) is 3.37. The SMILES string of the molecule is Cc1cccc(-c2n[nH]c(=S)n2CC(=O)Nc2ccc3oc(C4CC4)nc3c2)c1. The van der Waals surface area contributed by atoms with E-state index in [0.29, 0.717) is 22.2 Å². The lowest BCUT2D eigenvalue weighted by Crippen LogP contribution is -2.19. The van der Waals surface area contributed by atoms with Crippen LogP contribution in [-0.4, -0.2) is 25.7 Å². The summed E-state index contributed by atoms with van der Waals surface area (Å²) in [5.74, 6) is 1.68. The number of carbonyl (C=O) groups excluding carboxylic acids is 1. The Kier molecular flexibility index (Phi) is 4.28. The number of anilines is 1. The molecule has 0 unspecified atom stereocenters. The molecule has 1 aliphatic carbocycles. The highest BCUT2D eigenvalue weighted by atomic mass is 32.1. The average molecular weight is 405 g/mol. The Bertz CT molecular complexity index is 1280. The molecule has 0 atom stereocenters. The molecule has 1 saturated carbocycles. The van der Waals surface area contributed by atoms with E-state index in [4.69, 9.17) is 16.6 Å². The van der Waals surface area contributed by atoms with Crippen molar-refractivity contribution in [1.29, 1.82) is 0 Å². The van der Waals surface area contributed by atoms with Gasteiger partial charge in [-0.15, -0.1) is 0 Å². The van der Waals surface area contributed by atoms with Crippen molar-refractivity contribution in [2.75, 3.05) is 5.32 Å². The summed E-state index contributed by atoms with van der Waals surface area (Å²) in [5.41, 5.74) is 4.18. The highest BCUT2D eigenvalue weighted by molar-refractivity contribution is 7.71. The molecule has 0 spiro atoms. The number of oxazole rings is 1. The van der Waals surface area contributed by atoms with Crippen LogP contribution >= 0.6 is 12.2 Å². The summed E-state index contributed by atoms with van der Waals surface area (Å²) in [5, 5.41) is 9.99. The van der Waals surface area contributed by atoms with Gasteiger partial charge < -0.3 is 9.73 Å². The first-order valence-corrected chi connectivity index (χ1v) is 9.90. The number of amides is 1. The first-order valence-electron chi connectivity index (χ1n) is 9.49. The van der Waals surface area contributed by atoms with Crippen LogP contribution in [0, 0.1) is 11.7 Å². The molecular weight excluding hydrogens is 386 g/mol. The number of fused-ring (bicyclic) bond motifs is 1. The molecule has 2 heterocycles. The topological polar surface area (TPSA) is 88.7 Å². The number of aromatic nitrogens is 4. The minimum Gasteiger partial charge on any atom is -0.440 e. The molecule has 146 valence electrons. The molecule has 29 heavy (non-hydrogen) atoms. The molecule has 0 radical (unpaired) electrons. The van der Waals surface area contributed by atoms with E-state index < -0.39 is 0 Å². The van der Waals surface area contributed by atoms with Gasteiger partial charge >= 0.3 is 0 Å².